The van der Waals surface area contributed by atoms with E-state index < -0.39 is 0 Å². The summed E-state index contributed by atoms with van der Waals surface area (Å²) in [5, 5.41) is 6.52. The van der Waals surface area contributed by atoms with Crippen LogP contribution in [-0.2, 0) is 6.54 Å². The molecule has 0 saturated carbocycles. The van der Waals surface area contributed by atoms with Gasteiger partial charge in [-0.15, -0.1) is 11.3 Å². The molecule has 1 atom stereocenters. The fraction of sp³-hybridized carbons (Fsp3) is 0.357. The van der Waals surface area contributed by atoms with Crippen LogP contribution in [-0.4, -0.2) is 19.2 Å². The van der Waals surface area contributed by atoms with E-state index in [0.717, 1.165) is 33.1 Å². The highest BCUT2D eigenvalue weighted by molar-refractivity contribution is 9.10. The lowest BCUT2D eigenvalue weighted by atomic mass is 10.2. The van der Waals surface area contributed by atoms with Gasteiger partial charge in [-0.25, -0.2) is 4.98 Å². The number of thiazole rings is 1. The number of rotatable bonds is 6. The average molecular weight is 357 g/mol. The third-order valence-corrected chi connectivity index (χ3v) is 4.67. The summed E-state index contributed by atoms with van der Waals surface area (Å²) in [6.07, 6.45) is 1.82. The minimum atomic E-state index is 0.218. The zero-order valence-electron chi connectivity index (χ0n) is 11.6. The molecule has 20 heavy (non-hydrogen) atoms. The molecule has 1 N–H and O–H groups in total. The molecule has 1 aromatic heterocycles. The van der Waals surface area contributed by atoms with Gasteiger partial charge in [0.1, 0.15) is 5.01 Å². The van der Waals surface area contributed by atoms with Crippen molar-refractivity contribution in [3.63, 3.8) is 0 Å². The molecule has 4 nitrogen and oxygen atoms in total. The Labute approximate surface area is 131 Å². The van der Waals surface area contributed by atoms with E-state index in [0.29, 0.717) is 0 Å². The van der Waals surface area contributed by atoms with Crippen molar-refractivity contribution >= 4 is 27.3 Å². The Kier molecular flexibility index (Phi) is 5.39. The third-order valence-electron chi connectivity index (χ3n) is 2.97. The topological polar surface area (TPSA) is 43.4 Å². The summed E-state index contributed by atoms with van der Waals surface area (Å²) < 4.78 is 11.6. The summed E-state index contributed by atoms with van der Waals surface area (Å²) in [7, 11) is 3.27. The quantitative estimate of drug-likeness (QED) is 0.855. The number of hydrogen-bond donors (Lipinski definition) is 1. The zero-order valence-corrected chi connectivity index (χ0v) is 14.0. The smallest absolute Gasteiger partial charge is 0.161 e. The van der Waals surface area contributed by atoms with Gasteiger partial charge >= 0.3 is 0 Å². The molecule has 0 aliphatic heterocycles. The summed E-state index contributed by atoms with van der Waals surface area (Å²) in [4.78, 5) is 4.31. The lowest BCUT2D eigenvalue weighted by molar-refractivity contribution is 0.354. The van der Waals surface area contributed by atoms with Crippen molar-refractivity contribution in [2.24, 2.45) is 0 Å². The molecule has 0 bridgehead atoms. The second-order valence-corrected chi connectivity index (χ2v) is 6.05. The van der Waals surface area contributed by atoms with E-state index in [-0.39, 0.29) is 6.04 Å². The first kappa shape index (κ1) is 15.3. The maximum absolute atomic E-state index is 5.33. The summed E-state index contributed by atoms with van der Waals surface area (Å²) in [6.45, 7) is 2.83. The van der Waals surface area contributed by atoms with Gasteiger partial charge in [0.15, 0.2) is 11.5 Å². The van der Waals surface area contributed by atoms with Gasteiger partial charge in [0.25, 0.3) is 0 Å². The molecule has 108 valence electrons. The first-order chi connectivity index (χ1) is 9.65. The van der Waals surface area contributed by atoms with Gasteiger partial charge in [0, 0.05) is 22.6 Å². The number of hydrogen-bond acceptors (Lipinski definition) is 5. The predicted molar refractivity (Wildman–Crippen MR) is 84.6 cm³/mol. The predicted octanol–water partition coefficient (Wildman–Crippen LogP) is 3.77. The van der Waals surface area contributed by atoms with Crippen molar-refractivity contribution in [3.05, 3.63) is 38.8 Å². The molecule has 0 amide bonds. The van der Waals surface area contributed by atoms with Crippen LogP contribution in [0.3, 0.4) is 0 Å². The van der Waals surface area contributed by atoms with E-state index >= 15 is 0 Å². The van der Waals surface area contributed by atoms with E-state index in [9.17, 15) is 0 Å². The number of ether oxygens (including phenoxy) is 2. The lowest BCUT2D eigenvalue weighted by Gasteiger charge is -2.15. The number of nitrogens with one attached hydrogen (secondary N) is 1. The van der Waals surface area contributed by atoms with E-state index in [1.807, 2.05) is 23.7 Å². The Morgan fingerprint density at radius 2 is 2.00 bits per heavy atom. The number of benzene rings is 1. The maximum atomic E-state index is 5.33. The minimum absolute atomic E-state index is 0.218. The normalized spacial score (nSPS) is 12.2. The molecule has 1 heterocycles. The molecule has 1 unspecified atom stereocenters. The van der Waals surface area contributed by atoms with Gasteiger partial charge in [-0.2, -0.15) is 0 Å². The highest BCUT2D eigenvalue weighted by Crippen LogP contribution is 2.33. The number of methoxy groups -OCH3 is 2. The first-order valence-electron chi connectivity index (χ1n) is 6.19. The van der Waals surface area contributed by atoms with Gasteiger partial charge in [-0.05, 0) is 24.6 Å². The van der Waals surface area contributed by atoms with E-state index in [1.54, 1.807) is 25.6 Å². The summed E-state index contributed by atoms with van der Waals surface area (Å²) in [6, 6.07) is 4.11. The van der Waals surface area contributed by atoms with E-state index in [1.165, 1.54) is 0 Å². The van der Waals surface area contributed by atoms with Crippen molar-refractivity contribution in [1.29, 1.82) is 0 Å². The molecule has 1 aromatic carbocycles. The van der Waals surface area contributed by atoms with Gasteiger partial charge < -0.3 is 14.8 Å². The Morgan fingerprint density at radius 1 is 1.30 bits per heavy atom. The lowest BCUT2D eigenvalue weighted by Crippen LogP contribution is -2.18. The third kappa shape index (κ3) is 3.50. The second-order valence-electron chi connectivity index (χ2n) is 4.27. The van der Waals surface area contributed by atoms with Gasteiger partial charge in [-0.3, -0.25) is 0 Å². The fourth-order valence-corrected chi connectivity index (χ4v) is 2.96. The van der Waals surface area contributed by atoms with Crippen LogP contribution in [0.2, 0.25) is 0 Å². The summed E-state index contributed by atoms with van der Waals surface area (Å²) in [5.41, 5.74) is 1.12. The van der Waals surface area contributed by atoms with Crippen molar-refractivity contribution in [2.75, 3.05) is 14.2 Å². The molecule has 0 saturated heterocycles. The molecule has 0 spiro atoms. The van der Waals surface area contributed by atoms with Crippen LogP contribution < -0.4 is 14.8 Å². The molecule has 2 aromatic rings. The van der Waals surface area contributed by atoms with Crippen LogP contribution in [0.15, 0.2) is 28.2 Å². The highest BCUT2D eigenvalue weighted by atomic mass is 79.9. The van der Waals surface area contributed by atoms with Gasteiger partial charge in [-0.1, -0.05) is 15.9 Å². The maximum Gasteiger partial charge on any atom is 0.161 e. The second kappa shape index (κ2) is 7.06. The first-order valence-corrected chi connectivity index (χ1v) is 7.86. The highest BCUT2D eigenvalue weighted by Gasteiger charge is 2.12. The molecular weight excluding hydrogens is 340 g/mol. The van der Waals surface area contributed by atoms with E-state index in [4.69, 9.17) is 9.47 Å². The molecule has 0 aliphatic rings. The van der Waals surface area contributed by atoms with Crippen LogP contribution in [0.4, 0.5) is 0 Å². The Balaban J connectivity index is 2.09. The Morgan fingerprint density at radius 3 is 2.60 bits per heavy atom. The van der Waals surface area contributed by atoms with Crippen LogP contribution in [0.25, 0.3) is 0 Å². The van der Waals surface area contributed by atoms with Crippen molar-refractivity contribution < 1.29 is 9.47 Å². The standard InChI is InChI=1S/C14H17BrN2O2S/c1-9(14-16-4-5-20-14)17-8-10-6-12(18-2)13(19-3)7-11(10)15/h4-7,9,17H,8H2,1-3H3. The molecule has 0 fully saturated rings. The van der Waals surface area contributed by atoms with E-state index in [2.05, 4.69) is 33.2 Å². The van der Waals surface area contributed by atoms with Gasteiger partial charge in [0.05, 0.1) is 20.3 Å². The van der Waals surface area contributed by atoms with Crippen LogP contribution >= 0.6 is 27.3 Å². The number of halogens is 1. The zero-order chi connectivity index (χ0) is 14.5. The SMILES string of the molecule is COc1cc(Br)c(CNC(C)c2nccs2)cc1OC. The van der Waals surface area contributed by atoms with Crippen molar-refractivity contribution in [3.8, 4) is 11.5 Å². The largest absolute Gasteiger partial charge is 0.493 e. The van der Waals surface area contributed by atoms with Crippen LogP contribution in [0.5, 0.6) is 11.5 Å². The van der Waals surface area contributed by atoms with Crippen molar-refractivity contribution in [1.82, 2.24) is 10.3 Å². The van der Waals surface area contributed by atoms with Crippen LogP contribution in [0.1, 0.15) is 23.5 Å². The molecular formula is C14H17BrN2O2S. The fourth-order valence-electron chi connectivity index (χ4n) is 1.83. The Hall–Kier alpha value is -1.11. The van der Waals surface area contributed by atoms with Crippen LogP contribution in [0, 0.1) is 0 Å². The van der Waals surface area contributed by atoms with Crippen molar-refractivity contribution in [2.45, 2.75) is 19.5 Å². The minimum Gasteiger partial charge on any atom is -0.493 e. The molecule has 0 aliphatic carbocycles. The monoisotopic (exact) mass is 356 g/mol. The number of aromatic nitrogens is 1. The van der Waals surface area contributed by atoms with Gasteiger partial charge in [0.2, 0.25) is 0 Å². The summed E-state index contributed by atoms with van der Waals surface area (Å²) in [5.74, 6) is 1.45. The molecule has 0 radical (unpaired) electrons. The average Bonchev–Trinajstić information content (AvgIpc) is 2.99. The number of nitrogens with zero attached hydrogens (tertiary/aromatic N) is 1. The molecule has 2 rings (SSSR count). The summed E-state index contributed by atoms with van der Waals surface area (Å²) >= 11 is 5.22. The Bertz CT molecular complexity index is 561. The molecule has 6 heteroatoms.